The van der Waals surface area contributed by atoms with Crippen molar-refractivity contribution in [1.29, 1.82) is 0 Å². The molecule has 0 unspecified atom stereocenters. The van der Waals surface area contributed by atoms with Crippen molar-refractivity contribution in [2.75, 3.05) is 0 Å². The fourth-order valence-corrected chi connectivity index (χ4v) is 0.754. The smallest absolute Gasteiger partial charge is 0 e. The van der Waals surface area contributed by atoms with Gasteiger partial charge < -0.3 is 0 Å². The molecule has 1 aliphatic carbocycles. The zero-order valence-corrected chi connectivity index (χ0v) is 6.20. The molecular weight excluding hydrogens is 139 g/mol. The van der Waals surface area contributed by atoms with Crippen LogP contribution < -0.4 is 0 Å². The minimum Gasteiger partial charge on any atom is -0.0805 e. The fourth-order valence-electron chi connectivity index (χ4n) is 0.754. The van der Waals surface area contributed by atoms with Crippen molar-refractivity contribution in [2.24, 2.45) is 0 Å². The zero-order chi connectivity index (χ0) is 5.11. The summed E-state index contributed by atoms with van der Waals surface area (Å²) in [5, 5.41) is 0. The monoisotopic (exact) mass is 149 g/mol. The largest absolute Gasteiger partial charge is 0.0805 e. The summed E-state index contributed by atoms with van der Waals surface area (Å²) in [6.07, 6.45) is 8.92. The zero-order valence-electron chi connectivity index (χ0n) is 5.02. The van der Waals surface area contributed by atoms with E-state index in [4.69, 9.17) is 0 Å². The van der Waals surface area contributed by atoms with E-state index in [1.165, 1.54) is 12.8 Å². The second-order valence-corrected chi connectivity index (χ2v) is 1.81. The van der Waals surface area contributed by atoms with Crippen molar-refractivity contribution in [3.8, 4) is 0 Å². The van der Waals surface area contributed by atoms with E-state index in [9.17, 15) is 0 Å². The normalized spacial score (nSPS) is 15.4. The van der Waals surface area contributed by atoms with Crippen molar-refractivity contribution in [3.63, 3.8) is 0 Å². The number of rotatable bonds is 1. The van der Waals surface area contributed by atoms with E-state index in [0.717, 1.165) is 0 Å². The van der Waals surface area contributed by atoms with E-state index in [1.54, 1.807) is 5.57 Å². The quantitative estimate of drug-likeness (QED) is 0.501. The van der Waals surface area contributed by atoms with Gasteiger partial charge in [-0.2, -0.15) is 0 Å². The average molecular weight is 149 g/mol. The number of allylic oxidation sites excluding steroid dienone is 4. The van der Waals surface area contributed by atoms with Crippen molar-refractivity contribution in [1.82, 2.24) is 0 Å². The van der Waals surface area contributed by atoms with Crippen LogP contribution in [-0.4, -0.2) is 0 Å². The first-order valence-electron chi connectivity index (χ1n) is 2.78. The summed E-state index contributed by atoms with van der Waals surface area (Å²) >= 11 is 0. The van der Waals surface area contributed by atoms with Gasteiger partial charge >= 0.3 is 0 Å². The first kappa shape index (κ1) is 8.00. The van der Waals surface area contributed by atoms with Crippen LogP contribution in [0.3, 0.4) is 0 Å². The summed E-state index contributed by atoms with van der Waals surface area (Å²) in [5.74, 6) is 0. The van der Waals surface area contributed by atoms with Gasteiger partial charge in [0.1, 0.15) is 0 Å². The minimum atomic E-state index is 0. The van der Waals surface area contributed by atoms with Gasteiger partial charge in [0.2, 0.25) is 0 Å². The van der Waals surface area contributed by atoms with Gasteiger partial charge in [0, 0.05) is 17.1 Å². The maximum Gasteiger partial charge on any atom is 0 e. The second kappa shape index (κ2) is 3.94. The van der Waals surface area contributed by atoms with Gasteiger partial charge in [-0.1, -0.05) is 30.7 Å². The summed E-state index contributed by atoms with van der Waals surface area (Å²) in [7, 11) is 0. The molecule has 0 aromatic carbocycles. The van der Waals surface area contributed by atoms with E-state index < -0.39 is 0 Å². The molecule has 0 fully saturated rings. The van der Waals surface area contributed by atoms with Crippen LogP contribution >= 0.6 is 0 Å². The standard InChI is InChI=1S/C7H10.Mn/c1-2-7-5-3-4-6-7;/h3-5H,2,6H2,1H3;. The molecule has 0 amide bonds. The molecule has 1 heteroatoms. The van der Waals surface area contributed by atoms with Crippen molar-refractivity contribution < 1.29 is 17.1 Å². The summed E-state index contributed by atoms with van der Waals surface area (Å²) in [6.45, 7) is 2.19. The van der Waals surface area contributed by atoms with E-state index in [-0.39, 0.29) is 17.1 Å². The summed E-state index contributed by atoms with van der Waals surface area (Å²) in [5.41, 5.74) is 1.56. The van der Waals surface area contributed by atoms with Crippen molar-refractivity contribution >= 4 is 0 Å². The first-order chi connectivity index (χ1) is 3.43. The Hall–Kier alpha value is -0.000519. The van der Waals surface area contributed by atoms with Crippen LogP contribution in [-0.2, 0) is 17.1 Å². The van der Waals surface area contributed by atoms with Gasteiger partial charge in [-0.3, -0.25) is 0 Å². The van der Waals surface area contributed by atoms with E-state index in [0.29, 0.717) is 0 Å². The Morgan fingerprint density at radius 1 is 1.62 bits per heavy atom. The van der Waals surface area contributed by atoms with Crippen LogP contribution in [0.25, 0.3) is 0 Å². The van der Waals surface area contributed by atoms with Crippen LogP contribution in [0.1, 0.15) is 19.8 Å². The summed E-state index contributed by atoms with van der Waals surface area (Å²) < 4.78 is 0. The van der Waals surface area contributed by atoms with Gasteiger partial charge in [0.15, 0.2) is 0 Å². The summed E-state index contributed by atoms with van der Waals surface area (Å²) in [4.78, 5) is 0. The van der Waals surface area contributed by atoms with Gasteiger partial charge in [0.05, 0.1) is 0 Å². The Morgan fingerprint density at radius 3 is 2.62 bits per heavy atom. The van der Waals surface area contributed by atoms with Crippen LogP contribution in [0.5, 0.6) is 0 Å². The fraction of sp³-hybridized carbons (Fsp3) is 0.429. The Balaban J connectivity index is 0.000000490. The van der Waals surface area contributed by atoms with Gasteiger partial charge in [-0.15, -0.1) is 0 Å². The van der Waals surface area contributed by atoms with E-state index in [1.807, 2.05) is 0 Å². The van der Waals surface area contributed by atoms with Crippen LogP contribution in [0.2, 0.25) is 0 Å². The van der Waals surface area contributed by atoms with Gasteiger partial charge in [0.25, 0.3) is 0 Å². The SMILES string of the molecule is CCC1=CC=CC1.[Mn]. The molecule has 1 radical (unpaired) electrons. The Labute approximate surface area is 61.1 Å². The third-order valence-electron chi connectivity index (χ3n) is 1.30. The van der Waals surface area contributed by atoms with Gasteiger partial charge in [-0.25, -0.2) is 0 Å². The first-order valence-corrected chi connectivity index (χ1v) is 2.78. The Kier molecular flexibility index (Phi) is 3.94. The number of hydrogen-bond acceptors (Lipinski definition) is 0. The molecule has 8 heavy (non-hydrogen) atoms. The van der Waals surface area contributed by atoms with Gasteiger partial charge in [-0.05, 0) is 12.8 Å². The molecule has 1 rings (SSSR count). The van der Waals surface area contributed by atoms with Crippen LogP contribution in [0.15, 0.2) is 23.8 Å². The molecule has 0 N–H and O–H groups in total. The predicted molar refractivity (Wildman–Crippen MR) is 32.1 cm³/mol. The molecule has 0 saturated heterocycles. The molecule has 0 bridgehead atoms. The van der Waals surface area contributed by atoms with Crippen molar-refractivity contribution in [2.45, 2.75) is 19.8 Å². The molecule has 0 aromatic heterocycles. The number of hydrogen-bond donors (Lipinski definition) is 0. The minimum absolute atomic E-state index is 0. The molecule has 0 saturated carbocycles. The molecule has 0 nitrogen and oxygen atoms in total. The average Bonchev–Trinajstić information content (AvgIpc) is 2.14. The molecular formula is C7H10Mn. The molecule has 45 valence electrons. The molecule has 0 aromatic rings. The third-order valence-corrected chi connectivity index (χ3v) is 1.30. The Morgan fingerprint density at radius 2 is 2.38 bits per heavy atom. The molecule has 1 aliphatic rings. The van der Waals surface area contributed by atoms with Crippen LogP contribution in [0.4, 0.5) is 0 Å². The maximum absolute atomic E-state index is 2.19. The van der Waals surface area contributed by atoms with Crippen molar-refractivity contribution in [3.05, 3.63) is 23.8 Å². The topological polar surface area (TPSA) is 0 Å². The van der Waals surface area contributed by atoms with E-state index in [2.05, 4.69) is 25.2 Å². The van der Waals surface area contributed by atoms with E-state index >= 15 is 0 Å². The molecule has 0 spiro atoms. The van der Waals surface area contributed by atoms with Crippen LogP contribution in [0, 0.1) is 0 Å². The Bertz CT molecular complexity index is 112. The predicted octanol–water partition coefficient (Wildman–Crippen LogP) is 2.28. The summed E-state index contributed by atoms with van der Waals surface area (Å²) in [6, 6.07) is 0. The maximum atomic E-state index is 2.19. The second-order valence-electron chi connectivity index (χ2n) is 1.81. The molecule has 0 atom stereocenters. The molecule has 0 aliphatic heterocycles. The molecule has 0 heterocycles. The third kappa shape index (κ3) is 1.85.